The van der Waals surface area contributed by atoms with Crippen molar-refractivity contribution < 1.29 is 14.3 Å². The molecule has 1 aliphatic heterocycles. The first-order valence-electron chi connectivity index (χ1n) is 7.25. The van der Waals surface area contributed by atoms with Crippen molar-refractivity contribution in [3.63, 3.8) is 0 Å². The number of carbonyl (C=O) groups is 1. The van der Waals surface area contributed by atoms with Crippen LogP contribution in [0.5, 0.6) is 0 Å². The van der Waals surface area contributed by atoms with Gasteiger partial charge in [-0.25, -0.2) is 0 Å². The topological polar surface area (TPSA) is 69.5 Å². The summed E-state index contributed by atoms with van der Waals surface area (Å²) in [6.07, 6.45) is 2.84. The van der Waals surface area contributed by atoms with Crippen LogP contribution in [0.1, 0.15) is 16.2 Å². The highest BCUT2D eigenvalue weighted by Gasteiger charge is 2.26. The molecule has 1 fully saturated rings. The van der Waals surface area contributed by atoms with E-state index in [4.69, 9.17) is 21.1 Å². The van der Waals surface area contributed by atoms with Crippen LogP contribution in [0.25, 0.3) is 0 Å². The van der Waals surface area contributed by atoms with E-state index < -0.39 is 6.29 Å². The van der Waals surface area contributed by atoms with Gasteiger partial charge in [0.05, 0.1) is 31.3 Å². The van der Waals surface area contributed by atoms with E-state index in [1.165, 1.54) is 0 Å². The van der Waals surface area contributed by atoms with Crippen LogP contribution in [-0.2, 0) is 23.1 Å². The standard InChI is InChI=1S/C15H17ClN4O3/c1-19-8-11(16)13(18-19)9-20(10-14-22-6-7-23-14)15(21)12-4-2-3-5-17-12/h2-5,8,14H,6-7,9-10H2,1H3. The van der Waals surface area contributed by atoms with Crippen LogP contribution in [0.2, 0.25) is 5.02 Å². The second-order valence-corrected chi connectivity index (χ2v) is 5.58. The molecular formula is C15H17ClN4O3. The smallest absolute Gasteiger partial charge is 0.272 e. The summed E-state index contributed by atoms with van der Waals surface area (Å²) in [6.45, 7) is 1.61. The van der Waals surface area contributed by atoms with Gasteiger partial charge in [0.1, 0.15) is 11.4 Å². The Morgan fingerprint density at radius 3 is 2.83 bits per heavy atom. The predicted molar refractivity (Wildman–Crippen MR) is 82.9 cm³/mol. The number of rotatable bonds is 5. The second kappa shape index (κ2) is 7.08. The lowest BCUT2D eigenvalue weighted by atomic mass is 10.3. The molecule has 3 rings (SSSR count). The molecule has 0 saturated carbocycles. The summed E-state index contributed by atoms with van der Waals surface area (Å²) in [5.41, 5.74) is 0.981. The molecule has 2 aromatic rings. The van der Waals surface area contributed by atoms with Crippen molar-refractivity contribution in [3.8, 4) is 0 Å². The third-order valence-corrected chi connectivity index (χ3v) is 3.74. The van der Waals surface area contributed by atoms with Crippen molar-refractivity contribution >= 4 is 17.5 Å². The van der Waals surface area contributed by atoms with Crippen molar-refractivity contribution in [3.05, 3.63) is 47.0 Å². The number of ether oxygens (including phenoxy) is 2. The molecule has 7 nitrogen and oxygen atoms in total. The largest absolute Gasteiger partial charge is 0.348 e. The van der Waals surface area contributed by atoms with E-state index in [-0.39, 0.29) is 12.5 Å². The van der Waals surface area contributed by atoms with Crippen LogP contribution in [0.15, 0.2) is 30.6 Å². The van der Waals surface area contributed by atoms with Gasteiger partial charge in [-0.15, -0.1) is 0 Å². The fourth-order valence-electron chi connectivity index (χ4n) is 2.36. The first-order valence-corrected chi connectivity index (χ1v) is 7.63. The normalized spacial score (nSPS) is 15.0. The zero-order valence-corrected chi connectivity index (χ0v) is 13.4. The molecule has 2 aromatic heterocycles. The SMILES string of the molecule is Cn1cc(Cl)c(CN(CC2OCCO2)C(=O)c2ccccn2)n1. The number of aryl methyl sites for hydroxylation is 1. The number of aromatic nitrogens is 3. The Morgan fingerprint density at radius 1 is 1.43 bits per heavy atom. The molecule has 0 radical (unpaired) electrons. The highest BCUT2D eigenvalue weighted by molar-refractivity contribution is 6.31. The molecule has 3 heterocycles. The van der Waals surface area contributed by atoms with Crippen molar-refractivity contribution in [2.75, 3.05) is 19.8 Å². The molecule has 0 spiro atoms. The van der Waals surface area contributed by atoms with Gasteiger partial charge in [0.25, 0.3) is 5.91 Å². The summed E-state index contributed by atoms with van der Waals surface area (Å²) in [6, 6.07) is 5.21. The van der Waals surface area contributed by atoms with Gasteiger partial charge in [0.2, 0.25) is 0 Å². The van der Waals surface area contributed by atoms with Crippen LogP contribution in [0.4, 0.5) is 0 Å². The summed E-state index contributed by atoms with van der Waals surface area (Å²) in [4.78, 5) is 18.4. The van der Waals surface area contributed by atoms with E-state index in [1.54, 1.807) is 47.2 Å². The third kappa shape index (κ3) is 3.87. The molecule has 1 amide bonds. The van der Waals surface area contributed by atoms with E-state index >= 15 is 0 Å². The lowest BCUT2D eigenvalue weighted by Crippen LogP contribution is -2.38. The van der Waals surface area contributed by atoms with E-state index in [1.807, 2.05) is 0 Å². The Kier molecular flexibility index (Phi) is 4.90. The molecule has 0 bridgehead atoms. The molecule has 1 aliphatic rings. The lowest BCUT2D eigenvalue weighted by molar-refractivity contribution is -0.0586. The molecule has 122 valence electrons. The number of carbonyl (C=O) groups excluding carboxylic acids is 1. The van der Waals surface area contributed by atoms with Gasteiger partial charge in [0, 0.05) is 19.4 Å². The number of halogens is 1. The highest BCUT2D eigenvalue weighted by Crippen LogP contribution is 2.18. The summed E-state index contributed by atoms with van der Waals surface area (Å²) in [5, 5.41) is 4.80. The van der Waals surface area contributed by atoms with Crippen LogP contribution < -0.4 is 0 Å². The molecule has 8 heteroatoms. The summed E-state index contributed by atoms with van der Waals surface area (Å²) in [5.74, 6) is -0.216. The maximum Gasteiger partial charge on any atom is 0.272 e. The molecule has 0 aromatic carbocycles. The Bertz CT molecular complexity index is 671. The van der Waals surface area contributed by atoms with E-state index in [0.717, 1.165) is 0 Å². The van der Waals surface area contributed by atoms with E-state index in [2.05, 4.69) is 10.1 Å². The van der Waals surface area contributed by atoms with Gasteiger partial charge in [0.15, 0.2) is 6.29 Å². The molecular weight excluding hydrogens is 320 g/mol. The van der Waals surface area contributed by atoms with Crippen molar-refractivity contribution in [1.82, 2.24) is 19.7 Å². The fraction of sp³-hybridized carbons (Fsp3) is 0.400. The monoisotopic (exact) mass is 336 g/mol. The molecule has 0 N–H and O–H groups in total. The number of pyridine rings is 1. The predicted octanol–water partition coefficient (Wildman–Crippen LogP) is 1.48. The van der Waals surface area contributed by atoms with Gasteiger partial charge in [-0.05, 0) is 12.1 Å². The van der Waals surface area contributed by atoms with Gasteiger partial charge in [-0.1, -0.05) is 17.7 Å². The average Bonchev–Trinajstić information content (AvgIpc) is 3.17. The Hall–Kier alpha value is -1.96. The quantitative estimate of drug-likeness (QED) is 0.827. The number of nitrogens with zero attached hydrogens (tertiary/aromatic N) is 4. The minimum absolute atomic E-state index is 0.216. The van der Waals surface area contributed by atoms with Crippen LogP contribution in [-0.4, -0.2) is 51.6 Å². The summed E-state index contributed by atoms with van der Waals surface area (Å²) < 4.78 is 12.5. The average molecular weight is 337 g/mol. The van der Waals surface area contributed by atoms with Gasteiger partial charge in [-0.3, -0.25) is 14.5 Å². The van der Waals surface area contributed by atoms with Gasteiger partial charge in [-0.2, -0.15) is 5.10 Å². The van der Waals surface area contributed by atoms with E-state index in [9.17, 15) is 4.79 Å². The Labute approximate surface area is 138 Å². The van der Waals surface area contributed by atoms with Gasteiger partial charge < -0.3 is 14.4 Å². The zero-order valence-electron chi connectivity index (χ0n) is 12.7. The number of amides is 1. The summed E-state index contributed by atoms with van der Waals surface area (Å²) in [7, 11) is 1.78. The molecule has 23 heavy (non-hydrogen) atoms. The van der Waals surface area contributed by atoms with Crippen LogP contribution in [0, 0.1) is 0 Å². The fourth-order valence-corrected chi connectivity index (χ4v) is 2.60. The summed E-state index contributed by atoms with van der Waals surface area (Å²) >= 11 is 6.16. The first-order chi connectivity index (χ1) is 11.1. The van der Waals surface area contributed by atoms with E-state index in [0.29, 0.717) is 36.2 Å². The van der Waals surface area contributed by atoms with Crippen molar-refractivity contribution in [1.29, 1.82) is 0 Å². The second-order valence-electron chi connectivity index (χ2n) is 5.17. The molecule has 0 atom stereocenters. The number of hydrogen-bond acceptors (Lipinski definition) is 5. The minimum Gasteiger partial charge on any atom is -0.348 e. The minimum atomic E-state index is -0.440. The molecule has 0 aliphatic carbocycles. The Morgan fingerprint density at radius 2 is 2.22 bits per heavy atom. The number of hydrogen-bond donors (Lipinski definition) is 0. The zero-order chi connectivity index (χ0) is 16.2. The Balaban J connectivity index is 1.80. The third-order valence-electron chi connectivity index (χ3n) is 3.43. The van der Waals surface area contributed by atoms with Crippen molar-refractivity contribution in [2.24, 2.45) is 7.05 Å². The van der Waals surface area contributed by atoms with Crippen molar-refractivity contribution in [2.45, 2.75) is 12.8 Å². The lowest BCUT2D eigenvalue weighted by Gasteiger charge is -2.24. The maximum absolute atomic E-state index is 12.7. The maximum atomic E-state index is 12.7. The van der Waals surface area contributed by atoms with Crippen LogP contribution >= 0.6 is 11.6 Å². The molecule has 1 saturated heterocycles. The molecule has 0 unspecified atom stereocenters. The van der Waals surface area contributed by atoms with Gasteiger partial charge >= 0.3 is 0 Å². The first kappa shape index (κ1) is 15.9. The van der Waals surface area contributed by atoms with Crippen LogP contribution in [0.3, 0.4) is 0 Å². The highest BCUT2D eigenvalue weighted by atomic mass is 35.5.